The average Bonchev–Trinajstić information content (AvgIpc) is 2.56. The second kappa shape index (κ2) is 4.33. The Morgan fingerprint density at radius 1 is 1.28 bits per heavy atom. The molecule has 0 atom stereocenters. The molecule has 2 aromatic rings. The third-order valence-electron chi connectivity index (χ3n) is 1.99. The van der Waals surface area contributed by atoms with Gasteiger partial charge in [0, 0.05) is 6.07 Å². The summed E-state index contributed by atoms with van der Waals surface area (Å²) in [6, 6.07) is 4.94. The van der Waals surface area contributed by atoms with Crippen LogP contribution in [0, 0.1) is 4.77 Å². The van der Waals surface area contributed by atoms with Gasteiger partial charge in [-0.15, -0.1) is 13.2 Å². The number of hydrogen-bond donors (Lipinski definition) is 2. The molecule has 0 bridgehead atoms. The molecule has 0 fully saturated rings. The second-order valence-corrected chi connectivity index (χ2v) is 3.63. The second-order valence-electron chi connectivity index (χ2n) is 3.24. The number of benzene rings is 1. The van der Waals surface area contributed by atoms with Gasteiger partial charge in [0.25, 0.3) is 0 Å². The van der Waals surface area contributed by atoms with Crippen LogP contribution in [-0.2, 0) is 0 Å². The lowest BCUT2D eigenvalue weighted by Crippen LogP contribution is -2.18. The summed E-state index contributed by atoms with van der Waals surface area (Å²) in [6.07, 6.45) is -4.79. The van der Waals surface area contributed by atoms with Crippen molar-refractivity contribution in [3.63, 3.8) is 0 Å². The van der Waals surface area contributed by atoms with Crippen LogP contribution >= 0.6 is 12.2 Å². The molecule has 0 aliphatic carbocycles. The molecule has 0 saturated heterocycles. The highest BCUT2D eigenvalue weighted by Gasteiger charge is 2.31. The van der Waals surface area contributed by atoms with Gasteiger partial charge in [0.15, 0.2) is 0 Å². The smallest absolute Gasteiger partial charge is 0.406 e. The van der Waals surface area contributed by atoms with Crippen molar-refractivity contribution in [2.24, 2.45) is 0 Å². The standard InChI is InChI=1S/C9H6F3N3O2S/c10-9(11,12)17-6-3-1-2-5(4-6)15-7(16)13-14-8(15)18/h1-4H,(H,13,16)(H,14,18). The number of hydrogen-bond acceptors (Lipinski definition) is 3. The van der Waals surface area contributed by atoms with Crippen molar-refractivity contribution < 1.29 is 17.9 Å². The van der Waals surface area contributed by atoms with Gasteiger partial charge in [-0.1, -0.05) is 6.07 Å². The Hall–Kier alpha value is -2.03. The van der Waals surface area contributed by atoms with Gasteiger partial charge in [-0.05, 0) is 24.4 Å². The summed E-state index contributed by atoms with van der Waals surface area (Å²) in [5.41, 5.74) is -0.409. The highest BCUT2D eigenvalue weighted by atomic mass is 32.1. The zero-order valence-corrected chi connectivity index (χ0v) is 9.43. The van der Waals surface area contributed by atoms with Crippen molar-refractivity contribution >= 4 is 12.2 Å². The number of nitrogens with one attached hydrogen (secondary N) is 2. The lowest BCUT2D eigenvalue weighted by molar-refractivity contribution is -0.274. The molecule has 96 valence electrons. The summed E-state index contributed by atoms with van der Waals surface area (Å²) in [5, 5.41) is 4.60. The molecule has 18 heavy (non-hydrogen) atoms. The van der Waals surface area contributed by atoms with Gasteiger partial charge in [0.05, 0.1) is 5.69 Å². The van der Waals surface area contributed by atoms with E-state index in [9.17, 15) is 18.0 Å². The fraction of sp³-hybridized carbons (Fsp3) is 0.111. The first-order valence-corrected chi connectivity index (χ1v) is 5.03. The van der Waals surface area contributed by atoms with E-state index >= 15 is 0 Å². The van der Waals surface area contributed by atoms with Crippen molar-refractivity contribution in [2.45, 2.75) is 6.36 Å². The van der Waals surface area contributed by atoms with Crippen LogP contribution in [0.5, 0.6) is 5.75 Å². The van der Waals surface area contributed by atoms with Crippen LogP contribution in [0.3, 0.4) is 0 Å². The zero-order valence-electron chi connectivity index (χ0n) is 8.62. The predicted octanol–water partition coefficient (Wildman–Crippen LogP) is 2.12. The molecule has 0 aliphatic rings. The summed E-state index contributed by atoms with van der Waals surface area (Å²) in [4.78, 5) is 11.4. The van der Waals surface area contributed by atoms with E-state index in [1.54, 1.807) is 0 Å². The minimum absolute atomic E-state index is 0.0455. The first-order chi connectivity index (χ1) is 8.37. The lowest BCUT2D eigenvalue weighted by atomic mass is 10.3. The maximum absolute atomic E-state index is 12.1. The van der Waals surface area contributed by atoms with Crippen LogP contribution in [0.1, 0.15) is 0 Å². The molecule has 9 heteroatoms. The normalized spacial score (nSPS) is 11.5. The largest absolute Gasteiger partial charge is 0.573 e. The van der Waals surface area contributed by atoms with Gasteiger partial charge in [0.1, 0.15) is 5.75 Å². The molecule has 1 aromatic heterocycles. The van der Waals surface area contributed by atoms with Gasteiger partial charge in [0.2, 0.25) is 4.77 Å². The van der Waals surface area contributed by atoms with Crippen molar-refractivity contribution in [2.75, 3.05) is 0 Å². The molecule has 2 rings (SSSR count). The summed E-state index contributed by atoms with van der Waals surface area (Å²) in [7, 11) is 0. The Kier molecular flexibility index (Phi) is 2.99. The van der Waals surface area contributed by atoms with Crippen molar-refractivity contribution in [1.29, 1.82) is 0 Å². The van der Waals surface area contributed by atoms with Crippen LogP contribution in [0.15, 0.2) is 29.1 Å². The van der Waals surface area contributed by atoms with Crippen LogP contribution in [0.25, 0.3) is 5.69 Å². The van der Waals surface area contributed by atoms with E-state index in [-0.39, 0.29) is 10.5 Å². The molecule has 0 saturated carbocycles. The molecule has 1 heterocycles. The highest BCUT2D eigenvalue weighted by molar-refractivity contribution is 7.71. The van der Waals surface area contributed by atoms with E-state index in [2.05, 4.69) is 14.9 Å². The molecule has 0 aliphatic heterocycles. The van der Waals surface area contributed by atoms with E-state index in [4.69, 9.17) is 12.2 Å². The van der Waals surface area contributed by atoms with E-state index in [1.165, 1.54) is 12.1 Å². The predicted molar refractivity (Wildman–Crippen MR) is 58.3 cm³/mol. The van der Waals surface area contributed by atoms with Gasteiger partial charge < -0.3 is 4.74 Å². The molecule has 0 radical (unpaired) electrons. The number of nitrogens with zero attached hydrogens (tertiary/aromatic N) is 1. The third kappa shape index (κ3) is 2.62. The summed E-state index contributed by atoms with van der Waals surface area (Å²) in [5.74, 6) is -0.428. The van der Waals surface area contributed by atoms with Crippen molar-refractivity contribution in [3.8, 4) is 11.4 Å². The Bertz CT molecular complexity index is 643. The first kappa shape index (κ1) is 12.4. The molecule has 0 amide bonds. The van der Waals surface area contributed by atoms with Gasteiger partial charge in [-0.3, -0.25) is 5.10 Å². The zero-order chi connectivity index (χ0) is 13.3. The van der Waals surface area contributed by atoms with Crippen LogP contribution in [0.4, 0.5) is 13.2 Å². The summed E-state index contributed by atoms with van der Waals surface area (Å²) < 4.78 is 41.0. The molecule has 2 N–H and O–H groups in total. The van der Waals surface area contributed by atoms with Crippen molar-refractivity contribution in [1.82, 2.24) is 14.8 Å². The Balaban J connectivity index is 2.46. The summed E-state index contributed by atoms with van der Waals surface area (Å²) >= 11 is 4.82. The van der Waals surface area contributed by atoms with Crippen molar-refractivity contribution in [3.05, 3.63) is 39.5 Å². The number of aromatic nitrogens is 3. The van der Waals surface area contributed by atoms with Crippen LogP contribution in [-0.4, -0.2) is 21.1 Å². The van der Waals surface area contributed by atoms with Gasteiger partial charge >= 0.3 is 12.1 Å². The molecular weight excluding hydrogens is 271 g/mol. The summed E-state index contributed by atoms with van der Waals surface area (Å²) in [6.45, 7) is 0. The Morgan fingerprint density at radius 2 is 2.00 bits per heavy atom. The fourth-order valence-electron chi connectivity index (χ4n) is 1.37. The van der Waals surface area contributed by atoms with E-state index in [1.807, 2.05) is 0 Å². The Morgan fingerprint density at radius 3 is 2.56 bits per heavy atom. The van der Waals surface area contributed by atoms with Crippen LogP contribution < -0.4 is 10.4 Å². The molecule has 0 unspecified atom stereocenters. The third-order valence-corrected chi connectivity index (χ3v) is 2.28. The maximum Gasteiger partial charge on any atom is 0.573 e. The maximum atomic E-state index is 12.1. The van der Waals surface area contributed by atoms with Gasteiger partial charge in [-0.25, -0.2) is 14.5 Å². The minimum atomic E-state index is -4.79. The number of aromatic amines is 2. The topological polar surface area (TPSA) is 62.8 Å². The highest BCUT2D eigenvalue weighted by Crippen LogP contribution is 2.24. The first-order valence-electron chi connectivity index (χ1n) is 4.63. The molecule has 0 spiro atoms. The van der Waals surface area contributed by atoms with Gasteiger partial charge in [-0.2, -0.15) is 0 Å². The van der Waals surface area contributed by atoms with E-state index in [0.717, 1.165) is 16.7 Å². The van der Waals surface area contributed by atoms with Crippen LogP contribution in [0.2, 0.25) is 0 Å². The number of H-pyrrole nitrogens is 2. The quantitative estimate of drug-likeness (QED) is 0.826. The lowest BCUT2D eigenvalue weighted by Gasteiger charge is -2.09. The minimum Gasteiger partial charge on any atom is -0.406 e. The average molecular weight is 277 g/mol. The Labute approximate surface area is 103 Å². The number of halogens is 3. The molecular formula is C9H6F3N3O2S. The number of alkyl halides is 3. The van der Waals surface area contributed by atoms with E-state index < -0.39 is 17.8 Å². The monoisotopic (exact) mass is 277 g/mol. The van der Waals surface area contributed by atoms with E-state index in [0.29, 0.717) is 0 Å². The number of rotatable bonds is 2. The SMILES string of the molecule is O=c1[nH][nH]c(=S)n1-c1cccc(OC(F)(F)F)c1. The molecule has 5 nitrogen and oxygen atoms in total. The molecule has 1 aromatic carbocycles. The fourth-order valence-corrected chi connectivity index (χ4v) is 1.60. The number of ether oxygens (including phenoxy) is 1.